The molecular weight excluding hydrogens is 116 g/mol. The first-order chi connectivity index (χ1) is 4.43. The Morgan fingerprint density at radius 2 is 2.56 bits per heavy atom. The molecule has 0 bridgehead atoms. The van der Waals surface area contributed by atoms with Crippen LogP contribution in [0.4, 0.5) is 0 Å². The molecule has 0 spiro atoms. The van der Waals surface area contributed by atoms with E-state index in [1.807, 2.05) is 6.08 Å². The Morgan fingerprint density at radius 1 is 1.78 bits per heavy atom. The largest absolute Gasteiger partial charge is 0.378 e. The molecule has 0 N–H and O–H groups in total. The van der Waals surface area contributed by atoms with E-state index in [1.165, 1.54) is 0 Å². The minimum Gasteiger partial charge on any atom is -0.378 e. The summed E-state index contributed by atoms with van der Waals surface area (Å²) < 4.78 is 10.1. The van der Waals surface area contributed by atoms with Crippen molar-refractivity contribution in [2.75, 3.05) is 19.8 Å². The molecule has 1 aliphatic heterocycles. The van der Waals surface area contributed by atoms with E-state index in [0.29, 0.717) is 6.10 Å². The third-order valence-electron chi connectivity index (χ3n) is 1.17. The molecule has 2 nitrogen and oxygen atoms in total. The molecule has 1 fully saturated rings. The molecule has 0 aromatic heterocycles. The molecule has 1 aliphatic rings. The van der Waals surface area contributed by atoms with Crippen LogP contribution in [0.1, 0.15) is 6.42 Å². The van der Waals surface area contributed by atoms with Crippen molar-refractivity contribution in [3.63, 3.8) is 0 Å². The first-order valence-corrected chi connectivity index (χ1v) is 3.23. The fourth-order valence-corrected chi connectivity index (χ4v) is 0.546. The highest BCUT2D eigenvalue weighted by molar-refractivity contribution is 4.69. The molecular formula is C7H12O2. The van der Waals surface area contributed by atoms with Crippen molar-refractivity contribution >= 4 is 0 Å². The van der Waals surface area contributed by atoms with Crippen LogP contribution in [-0.2, 0) is 9.47 Å². The van der Waals surface area contributed by atoms with E-state index in [0.717, 1.165) is 26.2 Å². The summed E-state index contributed by atoms with van der Waals surface area (Å²) in [5.74, 6) is 0. The summed E-state index contributed by atoms with van der Waals surface area (Å²) in [5, 5.41) is 0. The molecule has 0 amide bonds. The van der Waals surface area contributed by atoms with E-state index in [-0.39, 0.29) is 0 Å². The number of ether oxygens (including phenoxy) is 2. The molecule has 52 valence electrons. The molecule has 0 radical (unpaired) electrons. The van der Waals surface area contributed by atoms with Gasteiger partial charge in [-0.05, 0) is 6.42 Å². The fraction of sp³-hybridized carbons (Fsp3) is 0.714. The maximum atomic E-state index is 5.20. The smallest absolute Gasteiger partial charge is 0.104 e. The van der Waals surface area contributed by atoms with Gasteiger partial charge in [0.2, 0.25) is 0 Å². The Bertz CT molecular complexity index is 86.9. The SMILES string of the molecule is C=CCCOC[C@@H]1CO1. The van der Waals surface area contributed by atoms with E-state index < -0.39 is 0 Å². The van der Waals surface area contributed by atoms with Gasteiger partial charge in [0.05, 0.1) is 19.8 Å². The van der Waals surface area contributed by atoms with Gasteiger partial charge < -0.3 is 9.47 Å². The minimum atomic E-state index is 0.398. The topological polar surface area (TPSA) is 21.8 Å². The number of hydrogen-bond donors (Lipinski definition) is 0. The van der Waals surface area contributed by atoms with Gasteiger partial charge in [0.25, 0.3) is 0 Å². The lowest BCUT2D eigenvalue weighted by Crippen LogP contribution is -2.01. The predicted molar refractivity (Wildman–Crippen MR) is 35.4 cm³/mol. The second-order valence-corrected chi connectivity index (χ2v) is 2.11. The van der Waals surface area contributed by atoms with Crippen LogP contribution < -0.4 is 0 Å². The molecule has 9 heavy (non-hydrogen) atoms. The lowest BCUT2D eigenvalue weighted by molar-refractivity contribution is 0.120. The minimum absolute atomic E-state index is 0.398. The van der Waals surface area contributed by atoms with E-state index in [4.69, 9.17) is 9.47 Å². The van der Waals surface area contributed by atoms with E-state index in [9.17, 15) is 0 Å². The Balaban J connectivity index is 1.75. The zero-order valence-corrected chi connectivity index (χ0v) is 5.51. The van der Waals surface area contributed by atoms with Crippen molar-refractivity contribution in [3.05, 3.63) is 12.7 Å². The zero-order valence-electron chi connectivity index (χ0n) is 5.51. The third-order valence-corrected chi connectivity index (χ3v) is 1.17. The van der Waals surface area contributed by atoms with Gasteiger partial charge >= 0.3 is 0 Å². The predicted octanol–water partition coefficient (Wildman–Crippen LogP) is 0.978. The Morgan fingerprint density at radius 3 is 3.11 bits per heavy atom. The summed E-state index contributed by atoms with van der Waals surface area (Å²) in [6.07, 6.45) is 3.19. The van der Waals surface area contributed by atoms with Crippen molar-refractivity contribution in [2.24, 2.45) is 0 Å². The van der Waals surface area contributed by atoms with Crippen LogP contribution in [-0.4, -0.2) is 25.9 Å². The van der Waals surface area contributed by atoms with Gasteiger partial charge in [0.15, 0.2) is 0 Å². The van der Waals surface area contributed by atoms with Gasteiger partial charge in [-0.2, -0.15) is 0 Å². The molecule has 0 aromatic rings. The summed E-state index contributed by atoms with van der Waals surface area (Å²) >= 11 is 0. The number of epoxide rings is 1. The molecule has 1 saturated heterocycles. The first-order valence-electron chi connectivity index (χ1n) is 3.23. The zero-order chi connectivity index (χ0) is 6.53. The molecule has 0 saturated carbocycles. The van der Waals surface area contributed by atoms with E-state index in [1.54, 1.807) is 0 Å². The molecule has 1 atom stereocenters. The molecule has 0 unspecified atom stereocenters. The highest BCUT2D eigenvalue weighted by Gasteiger charge is 2.21. The quantitative estimate of drug-likeness (QED) is 0.313. The van der Waals surface area contributed by atoms with Crippen LogP contribution in [0.2, 0.25) is 0 Å². The molecule has 0 aromatic carbocycles. The molecule has 2 heteroatoms. The first kappa shape index (κ1) is 6.78. The van der Waals surface area contributed by atoms with Crippen LogP contribution in [0, 0.1) is 0 Å². The summed E-state index contributed by atoms with van der Waals surface area (Å²) in [6, 6.07) is 0. The standard InChI is InChI=1S/C7H12O2/c1-2-3-4-8-5-7-6-9-7/h2,7H,1,3-6H2/t7-/m1/s1. The van der Waals surface area contributed by atoms with Gasteiger partial charge in [-0.1, -0.05) is 6.08 Å². The average Bonchev–Trinajstić information content (AvgIpc) is 2.63. The van der Waals surface area contributed by atoms with Crippen molar-refractivity contribution < 1.29 is 9.47 Å². The lowest BCUT2D eigenvalue weighted by Gasteiger charge is -1.96. The summed E-state index contributed by atoms with van der Waals surface area (Å²) in [4.78, 5) is 0. The molecule has 0 aliphatic carbocycles. The maximum Gasteiger partial charge on any atom is 0.104 e. The van der Waals surface area contributed by atoms with E-state index >= 15 is 0 Å². The van der Waals surface area contributed by atoms with Gasteiger partial charge in [-0.25, -0.2) is 0 Å². The van der Waals surface area contributed by atoms with Crippen LogP contribution in [0.15, 0.2) is 12.7 Å². The van der Waals surface area contributed by atoms with Crippen LogP contribution in [0.3, 0.4) is 0 Å². The highest BCUT2D eigenvalue weighted by Crippen LogP contribution is 2.08. The highest BCUT2D eigenvalue weighted by atomic mass is 16.6. The van der Waals surface area contributed by atoms with Crippen molar-refractivity contribution in [2.45, 2.75) is 12.5 Å². The van der Waals surface area contributed by atoms with Crippen LogP contribution >= 0.6 is 0 Å². The Hall–Kier alpha value is -0.340. The van der Waals surface area contributed by atoms with Crippen molar-refractivity contribution in [1.82, 2.24) is 0 Å². The monoisotopic (exact) mass is 128 g/mol. The number of hydrogen-bond acceptors (Lipinski definition) is 2. The summed E-state index contributed by atoms with van der Waals surface area (Å²) in [7, 11) is 0. The van der Waals surface area contributed by atoms with Crippen molar-refractivity contribution in [3.8, 4) is 0 Å². The van der Waals surface area contributed by atoms with Crippen LogP contribution in [0.25, 0.3) is 0 Å². The van der Waals surface area contributed by atoms with Crippen LogP contribution in [0.5, 0.6) is 0 Å². The summed E-state index contributed by atoms with van der Waals surface area (Å²) in [5.41, 5.74) is 0. The fourth-order valence-electron chi connectivity index (χ4n) is 0.546. The van der Waals surface area contributed by atoms with Gasteiger partial charge in [0, 0.05) is 0 Å². The van der Waals surface area contributed by atoms with E-state index in [2.05, 4.69) is 6.58 Å². The third kappa shape index (κ3) is 3.27. The second-order valence-electron chi connectivity index (χ2n) is 2.11. The Labute approximate surface area is 55.5 Å². The lowest BCUT2D eigenvalue weighted by atomic mass is 10.4. The normalized spacial score (nSPS) is 23.8. The van der Waals surface area contributed by atoms with Crippen molar-refractivity contribution in [1.29, 1.82) is 0 Å². The average molecular weight is 128 g/mol. The summed E-state index contributed by atoms with van der Waals surface area (Å²) in [6.45, 7) is 6.00. The molecule has 1 rings (SSSR count). The molecule has 1 heterocycles. The Kier molecular flexibility index (Phi) is 2.74. The number of rotatable bonds is 5. The van der Waals surface area contributed by atoms with Gasteiger partial charge in [0.1, 0.15) is 6.10 Å². The maximum absolute atomic E-state index is 5.20. The van der Waals surface area contributed by atoms with Gasteiger partial charge in [-0.15, -0.1) is 6.58 Å². The second kappa shape index (κ2) is 3.64. The van der Waals surface area contributed by atoms with Gasteiger partial charge in [-0.3, -0.25) is 0 Å².